The summed E-state index contributed by atoms with van der Waals surface area (Å²) in [6.07, 6.45) is 8.75. The minimum atomic E-state index is -0.201. The number of anilines is 1. The Balaban J connectivity index is 1.77. The SMILES string of the molecule is CCOc1cc(/C=C/c2cc(SC)nc(N)n2)ccc1OC1CCCCO1. The molecule has 2 heterocycles. The number of benzene rings is 1. The highest BCUT2D eigenvalue weighted by atomic mass is 32.2. The van der Waals surface area contributed by atoms with Gasteiger partial charge >= 0.3 is 0 Å². The standard InChI is InChI=1S/C20H25N3O3S/c1-3-24-17-12-14(7-9-15-13-18(27-2)23-20(21)22-15)8-10-16(17)26-19-6-4-5-11-25-19/h7-10,12-13,19H,3-6,11H2,1-2H3,(H2,21,22,23)/b9-7+. The van der Waals surface area contributed by atoms with E-state index in [4.69, 9.17) is 19.9 Å². The molecule has 1 atom stereocenters. The quantitative estimate of drug-likeness (QED) is 0.562. The van der Waals surface area contributed by atoms with Crippen LogP contribution in [0.3, 0.4) is 0 Å². The van der Waals surface area contributed by atoms with E-state index >= 15 is 0 Å². The predicted octanol–water partition coefficient (Wildman–Crippen LogP) is 4.26. The molecule has 144 valence electrons. The second kappa shape index (κ2) is 9.62. The molecule has 0 spiro atoms. The largest absolute Gasteiger partial charge is 0.490 e. The van der Waals surface area contributed by atoms with Gasteiger partial charge in [0.05, 0.1) is 18.9 Å². The molecule has 3 rings (SSSR count). The number of rotatable bonds is 7. The molecule has 0 radical (unpaired) electrons. The van der Waals surface area contributed by atoms with Gasteiger partial charge in [0.2, 0.25) is 5.95 Å². The maximum Gasteiger partial charge on any atom is 0.221 e. The lowest BCUT2D eigenvalue weighted by Crippen LogP contribution is -2.25. The third-order valence-corrected chi connectivity index (χ3v) is 4.69. The predicted molar refractivity (Wildman–Crippen MR) is 109 cm³/mol. The lowest BCUT2D eigenvalue weighted by Gasteiger charge is -2.24. The van der Waals surface area contributed by atoms with Crippen molar-refractivity contribution in [3.8, 4) is 11.5 Å². The van der Waals surface area contributed by atoms with Crippen LogP contribution in [-0.2, 0) is 4.74 Å². The molecule has 1 aromatic carbocycles. The molecule has 7 heteroatoms. The van der Waals surface area contributed by atoms with Crippen LogP contribution in [0.4, 0.5) is 5.95 Å². The van der Waals surface area contributed by atoms with E-state index in [-0.39, 0.29) is 12.2 Å². The van der Waals surface area contributed by atoms with Crippen LogP contribution in [0, 0.1) is 0 Å². The van der Waals surface area contributed by atoms with Crippen molar-refractivity contribution in [2.75, 3.05) is 25.2 Å². The van der Waals surface area contributed by atoms with Crippen molar-refractivity contribution in [2.45, 2.75) is 37.5 Å². The monoisotopic (exact) mass is 387 g/mol. The van der Waals surface area contributed by atoms with Crippen molar-refractivity contribution in [2.24, 2.45) is 0 Å². The second-order valence-corrected chi connectivity index (χ2v) is 6.91. The van der Waals surface area contributed by atoms with E-state index in [0.29, 0.717) is 18.1 Å². The molecule has 1 fully saturated rings. The Kier molecular flexibility index (Phi) is 6.95. The normalized spacial score (nSPS) is 17.2. The highest BCUT2D eigenvalue weighted by Gasteiger charge is 2.17. The van der Waals surface area contributed by atoms with Crippen molar-refractivity contribution in [1.29, 1.82) is 0 Å². The van der Waals surface area contributed by atoms with Gasteiger partial charge in [0, 0.05) is 6.42 Å². The highest BCUT2D eigenvalue weighted by molar-refractivity contribution is 7.98. The Morgan fingerprint density at radius 2 is 2.11 bits per heavy atom. The third kappa shape index (κ3) is 5.61. The zero-order valence-corrected chi connectivity index (χ0v) is 16.5. The summed E-state index contributed by atoms with van der Waals surface area (Å²) in [5, 5.41) is 0.841. The van der Waals surface area contributed by atoms with Crippen LogP contribution in [0.1, 0.15) is 37.4 Å². The number of nitrogen functional groups attached to an aromatic ring is 1. The molecule has 1 aromatic heterocycles. The second-order valence-electron chi connectivity index (χ2n) is 6.08. The highest BCUT2D eigenvalue weighted by Crippen LogP contribution is 2.31. The van der Waals surface area contributed by atoms with E-state index < -0.39 is 0 Å². The van der Waals surface area contributed by atoms with Crippen LogP contribution < -0.4 is 15.2 Å². The Morgan fingerprint density at radius 3 is 2.85 bits per heavy atom. The topological polar surface area (TPSA) is 79.5 Å². The molecule has 0 bridgehead atoms. The summed E-state index contributed by atoms with van der Waals surface area (Å²) in [5.74, 6) is 1.69. The number of nitrogens with zero attached hydrogens (tertiary/aromatic N) is 2. The first-order chi connectivity index (χ1) is 13.2. The summed E-state index contributed by atoms with van der Waals surface area (Å²) in [4.78, 5) is 8.40. The van der Waals surface area contributed by atoms with Crippen molar-refractivity contribution in [3.63, 3.8) is 0 Å². The van der Waals surface area contributed by atoms with Gasteiger partial charge in [0.25, 0.3) is 0 Å². The van der Waals surface area contributed by atoms with Gasteiger partial charge in [-0.1, -0.05) is 12.1 Å². The lowest BCUT2D eigenvalue weighted by atomic mass is 10.1. The van der Waals surface area contributed by atoms with Crippen LogP contribution in [0.25, 0.3) is 12.2 Å². The molecule has 1 aliphatic rings. The van der Waals surface area contributed by atoms with E-state index in [9.17, 15) is 0 Å². The molecule has 1 aliphatic heterocycles. The average molecular weight is 388 g/mol. The molecule has 0 saturated carbocycles. The lowest BCUT2D eigenvalue weighted by molar-refractivity contribution is -0.106. The number of nitrogens with two attached hydrogens (primary N) is 1. The van der Waals surface area contributed by atoms with E-state index in [2.05, 4.69) is 9.97 Å². The summed E-state index contributed by atoms with van der Waals surface area (Å²) >= 11 is 1.53. The molecule has 1 unspecified atom stereocenters. The number of hydrogen-bond donors (Lipinski definition) is 1. The van der Waals surface area contributed by atoms with Gasteiger partial charge in [-0.15, -0.1) is 11.8 Å². The Labute approximate surface area is 164 Å². The zero-order valence-electron chi connectivity index (χ0n) is 15.7. The molecular formula is C20H25N3O3S. The summed E-state index contributed by atoms with van der Waals surface area (Å²) in [6.45, 7) is 3.27. The van der Waals surface area contributed by atoms with E-state index in [0.717, 1.165) is 42.2 Å². The first-order valence-corrected chi connectivity index (χ1v) is 10.3. The molecule has 6 nitrogen and oxygen atoms in total. The van der Waals surface area contributed by atoms with Crippen molar-refractivity contribution >= 4 is 29.9 Å². The van der Waals surface area contributed by atoms with Gasteiger partial charge in [-0.3, -0.25) is 0 Å². The van der Waals surface area contributed by atoms with Gasteiger partial charge in [-0.25, -0.2) is 9.97 Å². The summed E-state index contributed by atoms with van der Waals surface area (Å²) in [7, 11) is 0. The summed E-state index contributed by atoms with van der Waals surface area (Å²) in [6, 6.07) is 7.76. The fourth-order valence-electron chi connectivity index (χ4n) is 2.77. The smallest absolute Gasteiger partial charge is 0.221 e. The molecule has 2 N–H and O–H groups in total. The molecule has 27 heavy (non-hydrogen) atoms. The van der Waals surface area contributed by atoms with Crippen molar-refractivity contribution < 1.29 is 14.2 Å². The van der Waals surface area contributed by atoms with Gasteiger partial charge in [-0.05, 0) is 55.9 Å². The minimum absolute atomic E-state index is 0.201. The number of aromatic nitrogens is 2. The number of thioether (sulfide) groups is 1. The number of ether oxygens (including phenoxy) is 3. The molecule has 0 amide bonds. The van der Waals surface area contributed by atoms with Gasteiger partial charge in [0.1, 0.15) is 5.03 Å². The summed E-state index contributed by atoms with van der Waals surface area (Å²) in [5.41, 5.74) is 7.51. The van der Waals surface area contributed by atoms with E-state index in [1.54, 1.807) is 0 Å². The van der Waals surface area contributed by atoms with Crippen LogP contribution in [0.5, 0.6) is 11.5 Å². The fraction of sp³-hybridized carbons (Fsp3) is 0.400. The van der Waals surface area contributed by atoms with Gasteiger partial charge in [0.15, 0.2) is 17.8 Å². The Bertz CT molecular complexity index is 792. The van der Waals surface area contributed by atoms with Gasteiger partial charge < -0.3 is 19.9 Å². The first-order valence-electron chi connectivity index (χ1n) is 9.09. The van der Waals surface area contributed by atoms with Crippen LogP contribution in [0.2, 0.25) is 0 Å². The van der Waals surface area contributed by atoms with Crippen molar-refractivity contribution in [3.05, 3.63) is 35.5 Å². The van der Waals surface area contributed by atoms with Crippen LogP contribution in [-0.4, -0.2) is 35.7 Å². The van der Waals surface area contributed by atoms with E-state index in [1.807, 2.05) is 49.6 Å². The Hall–Kier alpha value is -2.25. The fourth-order valence-corrected chi connectivity index (χ4v) is 3.20. The van der Waals surface area contributed by atoms with E-state index in [1.165, 1.54) is 11.8 Å². The maximum absolute atomic E-state index is 5.99. The summed E-state index contributed by atoms with van der Waals surface area (Å²) < 4.78 is 17.4. The molecule has 2 aromatic rings. The molecule has 0 aliphatic carbocycles. The average Bonchev–Trinajstić information content (AvgIpc) is 2.68. The first kappa shape index (κ1) is 19.5. The zero-order chi connectivity index (χ0) is 19.1. The molecule has 1 saturated heterocycles. The molecular weight excluding hydrogens is 362 g/mol. The van der Waals surface area contributed by atoms with Gasteiger partial charge in [-0.2, -0.15) is 0 Å². The Morgan fingerprint density at radius 1 is 1.22 bits per heavy atom. The van der Waals surface area contributed by atoms with Crippen molar-refractivity contribution in [1.82, 2.24) is 9.97 Å². The van der Waals surface area contributed by atoms with Crippen LogP contribution >= 0.6 is 11.8 Å². The van der Waals surface area contributed by atoms with Crippen LogP contribution in [0.15, 0.2) is 29.3 Å². The minimum Gasteiger partial charge on any atom is -0.490 e. The third-order valence-electron chi connectivity index (χ3n) is 4.06. The maximum atomic E-state index is 5.99. The number of hydrogen-bond acceptors (Lipinski definition) is 7.